The van der Waals surface area contributed by atoms with Gasteiger partial charge in [-0.3, -0.25) is 23.6 Å². The zero-order chi connectivity index (χ0) is 26.2. The Hall–Kier alpha value is -3.21. The summed E-state index contributed by atoms with van der Waals surface area (Å²) in [6.07, 6.45) is 2.33. The number of aliphatic hydroxyl groups is 1. The Bertz CT molecular complexity index is 1470. The third-order valence-electron chi connectivity index (χ3n) is 6.71. The van der Waals surface area contributed by atoms with Crippen molar-refractivity contribution in [1.29, 1.82) is 0 Å². The highest BCUT2D eigenvalue weighted by Crippen LogP contribution is 2.50. The van der Waals surface area contributed by atoms with Crippen molar-refractivity contribution in [3.63, 3.8) is 0 Å². The van der Waals surface area contributed by atoms with Gasteiger partial charge in [0, 0.05) is 35.3 Å². The minimum Gasteiger partial charge on any atom is -0.385 e. The van der Waals surface area contributed by atoms with Gasteiger partial charge in [-0.25, -0.2) is 4.98 Å². The highest BCUT2D eigenvalue weighted by atomic mass is 35.5. The second-order valence-corrected chi connectivity index (χ2v) is 11.3. The molecule has 1 amide bonds. The number of piperidine rings is 1. The van der Waals surface area contributed by atoms with Crippen LogP contribution in [-0.4, -0.2) is 48.1 Å². The summed E-state index contributed by atoms with van der Waals surface area (Å²) in [6.45, 7) is 2.41. The molecule has 1 saturated heterocycles. The minimum absolute atomic E-state index is 0.245. The third-order valence-corrected chi connectivity index (χ3v) is 8.49. The molecule has 192 valence electrons. The van der Waals surface area contributed by atoms with Gasteiger partial charge in [-0.15, -0.1) is 0 Å². The summed E-state index contributed by atoms with van der Waals surface area (Å²) < 4.78 is 24.7. The van der Waals surface area contributed by atoms with Crippen LogP contribution in [0.2, 0.25) is 5.02 Å². The molecule has 0 bridgehead atoms. The lowest BCUT2D eigenvalue weighted by atomic mass is 9.84. The summed E-state index contributed by atoms with van der Waals surface area (Å²) >= 11 is 6.29. The Balaban J connectivity index is 1.30. The number of anilines is 1. The minimum atomic E-state index is -3.45. The summed E-state index contributed by atoms with van der Waals surface area (Å²) in [6, 6.07) is 19.3. The lowest BCUT2D eigenvalue weighted by molar-refractivity contribution is -0.0211. The van der Waals surface area contributed by atoms with Crippen LogP contribution in [-0.2, 0) is 5.60 Å². The second kappa shape index (κ2) is 9.92. The third kappa shape index (κ3) is 5.01. The number of aromatic nitrogens is 2. The zero-order valence-corrected chi connectivity index (χ0v) is 21.7. The van der Waals surface area contributed by atoms with E-state index in [2.05, 4.69) is 14.7 Å². The topological polar surface area (TPSA) is 119 Å². The summed E-state index contributed by atoms with van der Waals surface area (Å²) in [5.41, 5.74) is 1.18. The number of nitrogens with zero attached hydrogens (tertiary/aromatic N) is 3. The Labute approximate surface area is 221 Å². The van der Waals surface area contributed by atoms with Crippen LogP contribution in [0.25, 0.3) is 10.9 Å². The summed E-state index contributed by atoms with van der Waals surface area (Å²) in [7, 11) is -3.45. The van der Waals surface area contributed by atoms with Crippen LogP contribution in [0.4, 0.5) is 5.69 Å². The molecule has 0 radical (unpaired) electrons. The molecule has 4 aromatic rings. The number of hydrogen-bond acceptors (Lipinski definition) is 7. The molecule has 0 spiro atoms. The molecule has 1 aliphatic heterocycles. The fraction of sp³-hybridized carbons (Fsp3) is 0.222. The normalized spacial score (nSPS) is 16.0. The number of carbonyl (C=O) groups is 1. The van der Waals surface area contributed by atoms with Crippen LogP contribution in [0, 0.1) is 6.92 Å². The molecule has 4 N–H and O–H groups in total. The van der Waals surface area contributed by atoms with E-state index in [-0.39, 0.29) is 16.5 Å². The number of fused-ring (bicyclic) bond motifs is 1. The number of likely N-dealkylation sites (tertiary alicyclic amines) is 1. The van der Waals surface area contributed by atoms with Gasteiger partial charge in [0.25, 0.3) is 5.91 Å². The second-order valence-electron chi connectivity index (χ2n) is 9.12. The Morgan fingerprint density at radius 1 is 1.03 bits per heavy atom. The SMILES string of the molecule is Cc1nc(C(=O)N2CCC(O)(c3ccccc3Cl)CC2)ccc1NS(O)(O)c1cccc2cccnc12. The number of para-hydroxylation sites is 1. The lowest BCUT2D eigenvalue weighted by Gasteiger charge is -2.39. The first kappa shape index (κ1) is 25.4. The lowest BCUT2D eigenvalue weighted by Crippen LogP contribution is -2.45. The van der Waals surface area contributed by atoms with E-state index in [1.165, 1.54) is 0 Å². The summed E-state index contributed by atoms with van der Waals surface area (Å²) in [4.78, 5) is 23.8. The number of amides is 1. The number of rotatable bonds is 5. The van der Waals surface area contributed by atoms with Gasteiger partial charge in [-0.1, -0.05) is 58.8 Å². The first-order chi connectivity index (χ1) is 17.7. The van der Waals surface area contributed by atoms with E-state index < -0.39 is 16.4 Å². The molecule has 0 saturated carbocycles. The molecule has 0 atom stereocenters. The quantitative estimate of drug-likeness (QED) is 0.251. The number of hydrogen-bond donors (Lipinski definition) is 4. The number of carbonyl (C=O) groups excluding carboxylic acids is 1. The Kier molecular flexibility index (Phi) is 6.82. The molecule has 0 aliphatic carbocycles. The molecule has 8 nitrogen and oxygen atoms in total. The number of benzene rings is 2. The van der Waals surface area contributed by atoms with E-state index in [9.17, 15) is 19.0 Å². The monoisotopic (exact) mass is 538 g/mol. The van der Waals surface area contributed by atoms with Crippen molar-refractivity contribution in [1.82, 2.24) is 14.9 Å². The fourth-order valence-electron chi connectivity index (χ4n) is 4.65. The van der Waals surface area contributed by atoms with E-state index in [0.29, 0.717) is 53.4 Å². The molecule has 1 fully saturated rings. The van der Waals surface area contributed by atoms with Crippen LogP contribution in [0.3, 0.4) is 0 Å². The maximum absolute atomic E-state index is 13.2. The van der Waals surface area contributed by atoms with E-state index in [0.717, 1.165) is 5.39 Å². The van der Waals surface area contributed by atoms with Crippen LogP contribution in [0.1, 0.15) is 34.6 Å². The molecule has 37 heavy (non-hydrogen) atoms. The first-order valence-electron chi connectivity index (χ1n) is 11.8. The largest absolute Gasteiger partial charge is 0.385 e. The standard InChI is InChI=1S/C27H27ClN4O4S/c1-18-22(31-37(35,36)24-10-4-6-19-7-5-15-29-25(19)24)11-12-23(30-18)26(33)32-16-13-27(34,14-17-32)20-8-2-3-9-21(20)28/h2-12,15,31,34-36H,13-14,16-17H2,1H3. The molecular weight excluding hydrogens is 512 g/mol. The maximum Gasteiger partial charge on any atom is 0.272 e. The van der Waals surface area contributed by atoms with Crippen LogP contribution in [0.15, 0.2) is 77.8 Å². The average molecular weight is 539 g/mol. The van der Waals surface area contributed by atoms with Gasteiger partial charge in [-0.05, 0) is 50.1 Å². The van der Waals surface area contributed by atoms with Gasteiger partial charge in [0.1, 0.15) is 10.6 Å². The van der Waals surface area contributed by atoms with Crippen molar-refractivity contribution in [2.24, 2.45) is 0 Å². The van der Waals surface area contributed by atoms with Crippen molar-refractivity contribution in [3.05, 3.63) is 94.9 Å². The summed E-state index contributed by atoms with van der Waals surface area (Å²) in [5.74, 6) is -0.249. The maximum atomic E-state index is 13.2. The number of aryl methyl sites for hydroxylation is 1. The molecule has 5 rings (SSSR count). The summed E-state index contributed by atoms with van der Waals surface area (Å²) in [5, 5.41) is 12.4. The smallest absolute Gasteiger partial charge is 0.272 e. The van der Waals surface area contributed by atoms with Gasteiger partial charge in [0.05, 0.1) is 22.5 Å². The predicted octanol–water partition coefficient (Wildman–Crippen LogP) is 5.85. The van der Waals surface area contributed by atoms with Gasteiger partial charge in [0.2, 0.25) is 0 Å². The Morgan fingerprint density at radius 2 is 1.76 bits per heavy atom. The van der Waals surface area contributed by atoms with E-state index >= 15 is 0 Å². The molecule has 0 unspecified atom stereocenters. The van der Waals surface area contributed by atoms with Gasteiger partial charge in [0.15, 0.2) is 0 Å². The molecule has 3 heterocycles. The highest BCUT2D eigenvalue weighted by Gasteiger charge is 2.37. The van der Waals surface area contributed by atoms with Gasteiger partial charge < -0.3 is 10.0 Å². The molecule has 2 aromatic carbocycles. The first-order valence-corrected chi connectivity index (χ1v) is 13.7. The van der Waals surface area contributed by atoms with E-state index in [1.807, 2.05) is 30.3 Å². The highest BCUT2D eigenvalue weighted by molar-refractivity contribution is 8.25. The van der Waals surface area contributed by atoms with Crippen LogP contribution < -0.4 is 4.72 Å². The number of halogens is 1. The number of nitrogens with one attached hydrogen (secondary N) is 1. The van der Waals surface area contributed by atoms with Crippen LogP contribution in [0.5, 0.6) is 0 Å². The van der Waals surface area contributed by atoms with Crippen molar-refractivity contribution >= 4 is 44.9 Å². The number of pyridine rings is 2. The van der Waals surface area contributed by atoms with Gasteiger partial charge in [-0.2, -0.15) is 0 Å². The van der Waals surface area contributed by atoms with Crippen molar-refractivity contribution in [3.8, 4) is 0 Å². The molecule has 10 heteroatoms. The van der Waals surface area contributed by atoms with Crippen molar-refractivity contribution in [2.45, 2.75) is 30.3 Å². The zero-order valence-electron chi connectivity index (χ0n) is 20.1. The molecular formula is C27H27ClN4O4S. The van der Waals surface area contributed by atoms with Crippen LogP contribution >= 0.6 is 22.4 Å². The van der Waals surface area contributed by atoms with E-state index in [4.69, 9.17) is 11.6 Å². The Morgan fingerprint density at radius 3 is 2.49 bits per heavy atom. The van der Waals surface area contributed by atoms with Crippen molar-refractivity contribution in [2.75, 3.05) is 17.8 Å². The fourth-order valence-corrected chi connectivity index (χ4v) is 6.30. The molecule has 2 aromatic heterocycles. The average Bonchev–Trinajstić information content (AvgIpc) is 2.89. The van der Waals surface area contributed by atoms with Crippen molar-refractivity contribution < 1.29 is 19.0 Å². The predicted molar refractivity (Wildman–Crippen MR) is 146 cm³/mol. The van der Waals surface area contributed by atoms with E-state index in [1.54, 1.807) is 54.4 Å². The van der Waals surface area contributed by atoms with Gasteiger partial charge >= 0.3 is 0 Å². The molecule has 1 aliphatic rings.